The number of rotatable bonds is 4. The number of carbonyl (C=O) groups excluding carboxylic acids is 1. The molecule has 0 unspecified atom stereocenters. The van der Waals surface area contributed by atoms with Gasteiger partial charge in [-0.25, -0.2) is 9.37 Å². The van der Waals surface area contributed by atoms with Crippen molar-refractivity contribution in [2.45, 2.75) is 26.3 Å². The van der Waals surface area contributed by atoms with E-state index in [0.717, 1.165) is 47.1 Å². The van der Waals surface area contributed by atoms with Gasteiger partial charge >= 0.3 is 0 Å². The van der Waals surface area contributed by atoms with Crippen molar-refractivity contribution in [3.8, 4) is 11.3 Å². The summed E-state index contributed by atoms with van der Waals surface area (Å²) in [7, 11) is 0. The fraction of sp³-hybridized carbons (Fsp3) is 0.304. The van der Waals surface area contributed by atoms with E-state index in [2.05, 4.69) is 24.0 Å². The third-order valence-electron chi connectivity index (χ3n) is 5.47. The van der Waals surface area contributed by atoms with Gasteiger partial charge in [-0.1, -0.05) is 11.6 Å². The molecule has 3 aromatic rings. The Morgan fingerprint density at radius 1 is 1.21 bits per heavy atom. The SMILES string of the molecule is Cc1ccc2nc(-c3ccc(F)cc3)c(CN3CCC[C@H](C(N)=O)C3)cc2c1. The van der Waals surface area contributed by atoms with Crippen LogP contribution in [0.2, 0.25) is 0 Å². The minimum Gasteiger partial charge on any atom is -0.369 e. The molecule has 0 saturated carbocycles. The molecule has 4 nitrogen and oxygen atoms in total. The van der Waals surface area contributed by atoms with Crippen LogP contribution in [0.3, 0.4) is 0 Å². The minimum absolute atomic E-state index is 0.0984. The third kappa shape index (κ3) is 3.90. The number of carbonyl (C=O) groups is 1. The number of aromatic nitrogens is 1. The quantitative estimate of drug-likeness (QED) is 0.746. The van der Waals surface area contributed by atoms with E-state index in [1.54, 1.807) is 12.1 Å². The lowest BCUT2D eigenvalue weighted by Gasteiger charge is -2.31. The van der Waals surface area contributed by atoms with Crippen molar-refractivity contribution in [1.29, 1.82) is 0 Å². The van der Waals surface area contributed by atoms with Gasteiger partial charge in [0.1, 0.15) is 5.82 Å². The van der Waals surface area contributed by atoms with Crippen molar-refractivity contribution in [2.24, 2.45) is 11.7 Å². The van der Waals surface area contributed by atoms with E-state index in [4.69, 9.17) is 10.7 Å². The third-order valence-corrected chi connectivity index (χ3v) is 5.47. The molecule has 4 rings (SSSR count). The summed E-state index contributed by atoms with van der Waals surface area (Å²) >= 11 is 0. The molecule has 1 aliphatic heterocycles. The first kappa shape index (κ1) is 18.6. The van der Waals surface area contributed by atoms with Gasteiger partial charge in [-0.05, 0) is 74.3 Å². The zero-order valence-corrected chi connectivity index (χ0v) is 16.0. The van der Waals surface area contributed by atoms with Crippen LogP contribution in [0.4, 0.5) is 4.39 Å². The maximum absolute atomic E-state index is 13.4. The molecule has 0 aliphatic carbocycles. The molecule has 1 atom stereocenters. The molecule has 2 aromatic carbocycles. The zero-order chi connectivity index (χ0) is 19.7. The molecular formula is C23H24FN3O. The standard InChI is InChI=1S/C23H24FN3O/c1-15-4-9-21-18(11-15)12-19(14-27-10-2-3-17(13-27)23(25)28)22(26-21)16-5-7-20(24)8-6-16/h4-9,11-12,17H,2-3,10,13-14H2,1H3,(H2,25,28)/t17-/m0/s1. The van der Waals surface area contributed by atoms with Crippen LogP contribution in [-0.2, 0) is 11.3 Å². The lowest BCUT2D eigenvalue weighted by molar-refractivity contribution is -0.123. The zero-order valence-electron chi connectivity index (χ0n) is 16.0. The monoisotopic (exact) mass is 377 g/mol. The van der Waals surface area contributed by atoms with Crippen molar-refractivity contribution < 1.29 is 9.18 Å². The van der Waals surface area contributed by atoms with E-state index in [9.17, 15) is 9.18 Å². The number of benzene rings is 2. The summed E-state index contributed by atoms with van der Waals surface area (Å²) < 4.78 is 13.4. The lowest BCUT2D eigenvalue weighted by Crippen LogP contribution is -2.40. The Kier molecular flexibility index (Phi) is 5.09. The van der Waals surface area contributed by atoms with Crippen molar-refractivity contribution in [3.05, 3.63) is 65.5 Å². The second kappa shape index (κ2) is 7.68. The predicted molar refractivity (Wildman–Crippen MR) is 109 cm³/mol. The fourth-order valence-electron chi connectivity index (χ4n) is 3.99. The highest BCUT2D eigenvalue weighted by molar-refractivity contribution is 5.84. The van der Waals surface area contributed by atoms with Crippen LogP contribution in [0.1, 0.15) is 24.0 Å². The Morgan fingerprint density at radius 2 is 2.00 bits per heavy atom. The molecule has 0 radical (unpaired) electrons. The lowest BCUT2D eigenvalue weighted by atomic mass is 9.96. The molecule has 2 N–H and O–H groups in total. The summed E-state index contributed by atoms with van der Waals surface area (Å²) in [6.45, 7) is 4.35. The van der Waals surface area contributed by atoms with Crippen molar-refractivity contribution >= 4 is 16.8 Å². The fourth-order valence-corrected chi connectivity index (χ4v) is 3.99. The number of nitrogens with two attached hydrogens (primary N) is 1. The van der Waals surface area contributed by atoms with Crippen LogP contribution >= 0.6 is 0 Å². The summed E-state index contributed by atoms with van der Waals surface area (Å²) in [5, 5.41) is 1.09. The Labute approximate surface area is 164 Å². The van der Waals surface area contributed by atoms with Crippen LogP contribution in [0.5, 0.6) is 0 Å². The van der Waals surface area contributed by atoms with E-state index in [1.165, 1.54) is 17.7 Å². The number of halogens is 1. The minimum atomic E-state index is -0.262. The largest absolute Gasteiger partial charge is 0.369 e. The van der Waals surface area contributed by atoms with E-state index in [0.29, 0.717) is 13.1 Å². The van der Waals surface area contributed by atoms with Crippen molar-refractivity contribution in [1.82, 2.24) is 9.88 Å². The van der Waals surface area contributed by atoms with Gasteiger partial charge in [0, 0.05) is 24.0 Å². The van der Waals surface area contributed by atoms with Crippen LogP contribution in [0.25, 0.3) is 22.2 Å². The predicted octanol–water partition coefficient (Wildman–Crippen LogP) is 4.05. The number of aryl methyl sites for hydroxylation is 1. The summed E-state index contributed by atoms with van der Waals surface area (Å²) in [5.74, 6) is -0.587. The Morgan fingerprint density at radius 3 is 2.75 bits per heavy atom. The van der Waals surface area contributed by atoms with Crippen molar-refractivity contribution in [3.63, 3.8) is 0 Å². The van der Waals surface area contributed by atoms with E-state index in [-0.39, 0.29) is 17.6 Å². The van der Waals surface area contributed by atoms with Gasteiger partial charge in [-0.2, -0.15) is 0 Å². The van der Waals surface area contributed by atoms with Gasteiger partial charge in [0.15, 0.2) is 0 Å². The van der Waals surface area contributed by atoms with E-state index >= 15 is 0 Å². The average Bonchev–Trinajstić information content (AvgIpc) is 2.68. The molecule has 28 heavy (non-hydrogen) atoms. The molecule has 1 fully saturated rings. The van der Waals surface area contributed by atoms with E-state index in [1.807, 2.05) is 12.1 Å². The Bertz CT molecular complexity index is 1020. The molecular weight excluding hydrogens is 353 g/mol. The normalized spacial score (nSPS) is 17.7. The molecule has 1 aromatic heterocycles. The molecule has 1 amide bonds. The van der Waals surface area contributed by atoms with Gasteiger partial charge in [-0.15, -0.1) is 0 Å². The van der Waals surface area contributed by atoms with Gasteiger partial charge in [0.25, 0.3) is 0 Å². The first-order chi connectivity index (χ1) is 13.5. The maximum Gasteiger partial charge on any atom is 0.221 e. The summed E-state index contributed by atoms with van der Waals surface area (Å²) in [6, 6.07) is 14.8. The van der Waals surface area contributed by atoms with E-state index < -0.39 is 0 Å². The van der Waals surface area contributed by atoms with Crippen LogP contribution in [0.15, 0.2) is 48.5 Å². The Hall–Kier alpha value is -2.79. The number of primary amides is 1. The number of amides is 1. The topological polar surface area (TPSA) is 59.2 Å². The highest BCUT2D eigenvalue weighted by atomic mass is 19.1. The molecule has 5 heteroatoms. The molecule has 0 bridgehead atoms. The van der Waals surface area contributed by atoms with Gasteiger partial charge in [-0.3, -0.25) is 9.69 Å². The summed E-state index contributed by atoms with van der Waals surface area (Å²) in [5.41, 5.74) is 10.5. The molecule has 2 heterocycles. The number of fused-ring (bicyclic) bond motifs is 1. The first-order valence-electron chi connectivity index (χ1n) is 9.67. The van der Waals surface area contributed by atoms with Gasteiger partial charge in [0.2, 0.25) is 5.91 Å². The first-order valence-corrected chi connectivity index (χ1v) is 9.67. The molecule has 1 aliphatic rings. The number of hydrogen-bond donors (Lipinski definition) is 1. The summed E-state index contributed by atoms with van der Waals surface area (Å²) in [6.07, 6.45) is 1.81. The highest BCUT2D eigenvalue weighted by Gasteiger charge is 2.25. The number of likely N-dealkylation sites (tertiary alicyclic amines) is 1. The number of pyridine rings is 1. The van der Waals surface area contributed by atoms with Crippen molar-refractivity contribution in [2.75, 3.05) is 13.1 Å². The van der Waals surface area contributed by atoms with Gasteiger partial charge < -0.3 is 5.73 Å². The second-order valence-corrected chi connectivity index (χ2v) is 7.68. The number of hydrogen-bond acceptors (Lipinski definition) is 3. The number of piperidine rings is 1. The summed E-state index contributed by atoms with van der Waals surface area (Å²) in [4.78, 5) is 18.8. The maximum atomic E-state index is 13.4. The van der Waals surface area contributed by atoms with Crippen LogP contribution < -0.4 is 5.73 Å². The second-order valence-electron chi connectivity index (χ2n) is 7.68. The smallest absolute Gasteiger partial charge is 0.221 e. The van der Waals surface area contributed by atoms with Crippen LogP contribution in [-0.4, -0.2) is 28.9 Å². The highest BCUT2D eigenvalue weighted by Crippen LogP contribution is 2.29. The molecule has 144 valence electrons. The number of nitrogens with zero attached hydrogens (tertiary/aromatic N) is 2. The van der Waals surface area contributed by atoms with Gasteiger partial charge in [0.05, 0.1) is 17.1 Å². The van der Waals surface area contributed by atoms with Crippen LogP contribution in [0, 0.1) is 18.7 Å². The Balaban J connectivity index is 1.75. The average molecular weight is 377 g/mol. The molecule has 0 spiro atoms. The molecule has 1 saturated heterocycles.